The number of nitrogens with zero attached hydrogens (tertiary/aromatic N) is 6. The van der Waals surface area contributed by atoms with Crippen molar-refractivity contribution in [3.63, 3.8) is 0 Å². The Hall–Kier alpha value is -1.68. The van der Waals surface area contributed by atoms with Gasteiger partial charge in [0.05, 0.1) is 5.25 Å². The zero-order valence-electron chi connectivity index (χ0n) is 13.2. The van der Waals surface area contributed by atoms with Gasteiger partial charge in [0.2, 0.25) is 17.0 Å². The third-order valence-corrected chi connectivity index (χ3v) is 4.55. The van der Waals surface area contributed by atoms with E-state index < -0.39 is 0 Å². The van der Waals surface area contributed by atoms with Crippen LogP contribution in [0.15, 0.2) is 4.34 Å². The second-order valence-corrected chi connectivity index (χ2v) is 7.74. The predicted molar refractivity (Wildman–Crippen MR) is 91.5 cm³/mol. The molecule has 0 bridgehead atoms. The SMILES string of the molecule is CC(C)Nc1nnc(S[C@@H](C)c2nc(N)nc(N(C)C)n2)s1. The van der Waals surface area contributed by atoms with Crippen molar-refractivity contribution in [1.29, 1.82) is 0 Å². The van der Waals surface area contributed by atoms with Gasteiger partial charge in [0, 0.05) is 20.1 Å². The van der Waals surface area contributed by atoms with E-state index in [-0.39, 0.29) is 11.2 Å². The van der Waals surface area contributed by atoms with Gasteiger partial charge < -0.3 is 16.0 Å². The molecule has 0 aliphatic heterocycles. The summed E-state index contributed by atoms with van der Waals surface area (Å²) >= 11 is 3.07. The van der Waals surface area contributed by atoms with Crippen LogP contribution in [0.2, 0.25) is 0 Å². The van der Waals surface area contributed by atoms with Gasteiger partial charge in [0.15, 0.2) is 4.34 Å². The van der Waals surface area contributed by atoms with E-state index in [9.17, 15) is 0 Å². The molecule has 0 aliphatic rings. The Labute approximate surface area is 138 Å². The highest BCUT2D eigenvalue weighted by molar-refractivity contribution is 8.01. The molecule has 2 aromatic heterocycles. The Bertz CT molecular complexity index is 627. The molecule has 8 nitrogen and oxygen atoms in total. The number of aromatic nitrogens is 5. The molecule has 0 amide bonds. The highest BCUT2D eigenvalue weighted by Crippen LogP contribution is 2.36. The van der Waals surface area contributed by atoms with Gasteiger partial charge >= 0.3 is 0 Å². The van der Waals surface area contributed by atoms with Gasteiger partial charge in [-0.25, -0.2) is 0 Å². The van der Waals surface area contributed by atoms with Crippen molar-refractivity contribution < 1.29 is 0 Å². The number of thioether (sulfide) groups is 1. The average Bonchev–Trinajstić information content (AvgIpc) is 2.84. The minimum absolute atomic E-state index is 0.00356. The van der Waals surface area contributed by atoms with E-state index in [1.54, 1.807) is 16.7 Å². The molecule has 10 heteroatoms. The number of nitrogen functional groups attached to an aromatic ring is 1. The summed E-state index contributed by atoms with van der Waals surface area (Å²) in [5.74, 6) is 1.41. The monoisotopic (exact) mass is 340 g/mol. The molecular formula is C12H20N8S2. The molecule has 3 N–H and O–H groups in total. The lowest BCUT2D eigenvalue weighted by Gasteiger charge is -2.13. The second-order valence-electron chi connectivity index (χ2n) is 5.18. The third-order valence-electron chi connectivity index (χ3n) is 2.52. The summed E-state index contributed by atoms with van der Waals surface area (Å²) in [4.78, 5) is 14.5. The molecule has 1 atom stereocenters. The van der Waals surface area contributed by atoms with Gasteiger partial charge in [-0.15, -0.1) is 10.2 Å². The molecule has 0 unspecified atom stereocenters. The molecule has 0 radical (unpaired) electrons. The largest absolute Gasteiger partial charge is 0.368 e. The van der Waals surface area contributed by atoms with Crippen molar-refractivity contribution in [3.05, 3.63) is 5.82 Å². The zero-order valence-corrected chi connectivity index (χ0v) is 14.9. The van der Waals surface area contributed by atoms with E-state index in [1.165, 1.54) is 11.3 Å². The first-order chi connectivity index (χ1) is 10.3. The summed E-state index contributed by atoms with van der Waals surface area (Å²) in [5, 5.41) is 12.3. The maximum Gasteiger partial charge on any atom is 0.229 e. The minimum Gasteiger partial charge on any atom is -0.368 e. The van der Waals surface area contributed by atoms with Crippen LogP contribution in [0.5, 0.6) is 0 Å². The maximum atomic E-state index is 5.75. The Morgan fingerprint density at radius 1 is 1.14 bits per heavy atom. The standard InChI is InChI=1S/C12H20N8S2/c1-6(2)14-11-18-19-12(22-11)21-7(3)8-15-9(13)17-10(16-8)20(4)5/h6-7H,1-5H3,(H,14,18)(H2,13,15,16,17)/t7-/m0/s1. The van der Waals surface area contributed by atoms with Crippen molar-refractivity contribution in [2.45, 2.75) is 36.4 Å². The van der Waals surface area contributed by atoms with E-state index in [1.807, 2.05) is 21.0 Å². The lowest BCUT2D eigenvalue weighted by molar-refractivity contribution is 0.862. The fourth-order valence-corrected chi connectivity index (χ4v) is 3.63. The molecule has 0 aromatic carbocycles. The Kier molecular flexibility index (Phi) is 5.35. The first-order valence-electron chi connectivity index (χ1n) is 6.80. The predicted octanol–water partition coefficient (Wildman–Crippen LogP) is 2.04. The molecule has 0 aliphatic carbocycles. The topological polar surface area (TPSA) is 106 Å². The van der Waals surface area contributed by atoms with E-state index >= 15 is 0 Å². The van der Waals surface area contributed by atoms with Crippen molar-refractivity contribution in [3.8, 4) is 0 Å². The van der Waals surface area contributed by atoms with Crippen LogP contribution in [0.4, 0.5) is 17.0 Å². The second kappa shape index (κ2) is 7.05. The number of rotatable bonds is 6. The molecule has 0 fully saturated rings. The van der Waals surface area contributed by atoms with E-state index in [4.69, 9.17) is 5.73 Å². The van der Waals surface area contributed by atoms with Crippen LogP contribution >= 0.6 is 23.1 Å². The Morgan fingerprint density at radius 2 is 1.86 bits per heavy atom. The lowest BCUT2D eigenvalue weighted by atomic mass is 10.4. The number of anilines is 3. The Morgan fingerprint density at radius 3 is 2.50 bits per heavy atom. The zero-order chi connectivity index (χ0) is 16.3. The molecule has 2 heterocycles. The fourth-order valence-electron chi connectivity index (χ4n) is 1.55. The van der Waals surface area contributed by atoms with E-state index in [0.29, 0.717) is 17.8 Å². The van der Waals surface area contributed by atoms with Crippen molar-refractivity contribution >= 4 is 40.1 Å². The average molecular weight is 340 g/mol. The fraction of sp³-hybridized carbons (Fsp3) is 0.583. The van der Waals surface area contributed by atoms with Gasteiger partial charge in [0.25, 0.3) is 0 Å². The molecule has 0 saturated heterocycles. The van der Waals surface area contributed by atoms with Gasteiger partial charge in [0.1, 0.15) is 5.82 Å². The first-order valence-corrected chi connectivity index (χ1v) is 8.50. The number of hydrogen-bond donors (Lipinski definition) is 2. The molecule has 0 saturated carbocycles. The van der Waals surface area contributed by atoms with E-state index in [0.717, 1.165) is 9.47 Å². The summed E-state index contributed by atoms with van der Waals surface area (Å²) < 4.78 is 0.862. The molecule has 22 heavy (non-hydrogen) atoms. The number of nitrogens with one attached hydrogen (secondary N) is 1. The van der Waals surface area contributed by atoms with Crippen LogP contribution in [-0.2, 0) is 0 Å². The van der Waals surface area contributed by atoms with Crippen LogP contribution in [0.25, 0.3) is 0 Å². The van der Waals surface area contributed by atoms with Crippen molar-refractivity contribution in [2.75, 3.05) is 30.0 Å². The Balaban J connectivity index is 2.11. The summed E-state index contributed by atoms with van der Waals surface area (Å²) in [7, 11) is 3.73. The van der Waals surface area contributed by atoms with Gasteiger partial charge in [-0.1, -0.05) is 23.1 Å². The van der Waals surface area contributed by atoms with Gasteiger partial charge in [-0.05, 0) is 20.8 Å². The molecule has 0 spiro atoms. The molecule has 120 valence electrons. The van der Waals surface area contributed by atoms with Crippen LogP contribution in [0, 0.1) is 0 Å². The van der Waals surface area contributed by atoms with Crippen molar-refractivity contribution in [2.24, 2.45) is 0 Å². The van der Waals surface area contributed by atoms with Crippen LogP contribution < -0.4 is 16.0 Å². The number of hydrogen-bond acceptors (Lipinski definition) is 10. The summed E-state index contributed by atoms with van der Waals surface area (Å²) in [5.41, 5.74) is 5.75. The molecular weight excluding hydrogens is 320 g/mol. The van der Waals surface area contributed by atoms with E-state index in [2.05, 4.69) is 44.3 Å². The first kappa shape index (κ1) is 16.7. The van der Waals surface area contributed by atoms with Crippen LogP contribution in [-0.4, -0.2) is 45.3 Å². The highest BCUT2D eigenvalue weighted by atomic mass is 32.2. The highest BCUT2D eigenvalue weighted by Gasteiger charge is 2.17. The molecule has 2 rings (SSSR count). The minimum atomic E-state index is 0.00356. The smallest absolute Gasteiger partial charge is 0.229 e. The quantitative estimate of drug-likeness (QED) is 0.764. The summed E-state index contributed by atoms with van der Waals surface area (Å²) in [6.07, 6.45) is 0. The van der Waals surface area contributed by atoms with Crippen LogP contribution in [0.3, 0.4) is 0 Å². The van der Waals surface area contributed by atoms with Crippen molar-refractivity contribution in [1.82, 2.24) is 25.1 Å². The lowest BCUT2D eigenvalue weighted by Crippen LogP contribution is -2.16. The number of nitrogens with two attached hydrogens (primary N) is 1. The van der Waals surface area contributed by atoms with Gasteiger partial charge in [-0.3, -0.25) is 0 Å². The van der Waals surface area contributed by atoms with Gasteiger partial charge in [-0.2, -0.15) is 15.0 Å². The summed E-state index contributed by atoms with van der Waals surface area (Å²) in [6.45, 7) is 6.14. The normalized spacial score (nSPS) is 12.5. The van der Waals surface area contributed by atoms with Crippen LogP contribution in [0.1, 0.15) is 31.8 Å². The molecule has 2 aromatic rings. The third kappa shape index (κ3) is 4.41. The summed E-state index contributed by atoms with van der Waals surface area (Å²) in [6, 6.07) is 0.328. The maximum absolute atomic E-state index is 5.75.